The van der Waals surface area contributed by atoms with Crippen molar-refractivity contribution in [3.63, 3.8) is 0 Å². The highest BCUT2D eigenvalue weighted by atomic mass is 19.4. The molecule has 6 rings (SSSR count). The summed E-state index contributed by atoms with van der Waals surface area (Å²) in [5.41, 5.74) is 2.09. The van der Waals surface area contributed by atoms with Crippen LogP contribution in [0.2, 0.25) is 0 Å². The van der Waals surface area contributed by atoms with Gasteiger partial charge in [0, 0.05) is 36.9 Å². The number of alkyl halides is 5. The lowest BCUT2D eigenvalue weighted by Crippen LogP contribution is -2.28. The first-order valence-corrected chi connectivity index (χ1v) is 12.4. The number of hydrogen-bond acceptors (Lipinski definition) is 5. The topological polar surface area (TPSA) is 75.9 Å². The van der Waals surface area contributed by atoms with E-state index < -0.39 is 47.1 Å². The van der Waals surface area contributed by atoms with Gasteiger partial charge in [0.1, 0.15) is 5.82 Å². The number of halogens is 5. The molecule has 2 unspecified atom stereocenters. The summed E-state index contributed by atoms with van der Waals surface area (Å²) < 4.78 is 69.6. The second-order valence-electron chi connectivity index (χ2n) is 10.3. The molecule has 0 radical (unpaired) electrons. The quantitative estimate of drug-likeness (QED) is 0.491. The Morgan fingerprint density at radius 1 is 1.13 bits per heavy atom. The van der Waals surface area contributed by atoms with E-state index in [0.29, 0.717) is 29.9 Å². The minimum Gasteiger partial charge on any atom is -0.356 e. The van der Waals surface area contributed by atoms with Gasteiger partial charge in [0.05, 0.1) is 30.0 Å². The van der Waals surface area contributed by atoms with Gasteiger partial charge in [-0.15, -0.1) is 0 Å². The number of carbonyl (C=O) groups is 1. The van der Waals surface area contributed by atoms with Crippen molar-refractivity contribution in [2.75, 3.05) is 18.0 Å². The maximum Gasteiger partial charge on any atom is 0.435 e. The van der Waals surface area contributed by atoms with E-state index in [1.807, 2.05) is 6.92 Å². The van der Waals surface area contributed by atoms with Crippen LogP contribution in [0, 0.1) is 25.7 Å². The van der Waals surface area contributed by atoms with Crippen LogP contribution in [-0.4, -0.2) is 44.7 Å². The smallest absolute Gasteiger partial charge is 0.356 e. The second-order valence-corrected chi connectivity index (χ2v) is 10.3. The minimum absolute atomic E-state index is 0.0318. The van der Waals surface area contributed by atoms with E-state index in [0.717, 1.165) is 27.7 Å². The maximum atomic E-state index is 13.8. The van der Waals surface area contributed by atoms with Crippen LogP contribution in [0.25, 0.3) is 0 Å². The van der Waals surface area contributed by atoms with Gasteiger partial charge in [0.25, 0.3) is 11.8 Å². The predicted molar refractivity (Wildman–Crippen MR) is 127 cm³/mol. The van der Waals surface area contributed by atoms with Crippen LogP contribution in [0.3, 0.4) is 0 Å². The fourth-order valence-electron chi connectivity index (χ4n) is 5.77. The number of amides is 1. The zero-order valence-corrected chi connectivity index (χ0v) is 20.7. The number of fused-ring (bicyclic) bond motifs is 2. The number of hydrogen-bond donors (Lipinski definition) is 1. The van der Waals surface area contributed by atoms with Crippen molar-refractivity contribution < 1.29 is 26.7 Å². The third-order valence-corrected chi connectivity index (χ3v) is 7.98. The first-order valence-electron chi connectivity index (χ1n) is 12.4. The van der Waals surface area contributed by atoms with Crippen molar-refractivity contribution in [1.82, 2.24) is 25.1 Å². The van der Waals surface area contributed by atoms with Gasteiger partial charge in [-0.1, -0.05) is 6.07 Å². The molecule has 4 heterocycles. The Hall–Kier alpha value is -3.57. The number of pyridine rings is 2. The average molecular weight is 533 g/mol. The molecule has 1 saturated heterocycles. The lowest BCUT2D eigenvalue weighted by Gasteiger charge is -2.21. The fraction of sp³-hybridized carbons (Fsp3) is 0.462. The number of carbonyl (C=O) groups excluding carboxylic acids is 1. The Labute approximate surface area is 215 Å². The molecule has 2 aliphatic carbocycles. The lowest BCUT2D eigenvalue weighted by atomic mass is 10.1. The maximum absolute atomic E-state index is 13.8. The molecule has 3 atom stereocenters. The number of nitrogens with one attached hydrogen (secondary N) is 1. The summed E-state index contributed by atoms with van der Waals surface area (Å²) in [6, 6.07) is 4.77. The Morgan fingerprint density at radius 3 is 2.55 bits per heavy atom. The van der Waals surface area contributed by atoms with Gasteiger partial charge >= 0.3 is 6.18 Å². The monoisotopic (exact) mass is 532 g/mol. The molecule has 200 valence electrons. The molecule has 12 heteroatoms. The molecule has 7 nitrogen and oxygen atoms in total. The summed E-state index contributed by atoms with van der Waals surface area (Å²) in [7, 11) is 0. The van der Waals surface area contributed by atoms with Gasteiger partial charge in [-0.3, -0.25) is 14.5 Å². The SMILES string of the molecule is Cc1nc(N2CC3C(C2)C3(F)F)ccc1Cn1cc(C(=O)N[C@@H]2CCc3c2ccnc3C)c(C(F)(F)F)n1. The number of nitrogens with zero attached hydrogens (tertiary/aromatic N) is 5. The van der Waals surface area contributed by atoms with Gasteiger partial charge < -0.3 is 10.2 Å². The van der Waals surface area contributed by atoms with E-state index in [-0.39, 0.29) is 19.6 Å². The van der Waals surface area contributed by atoms with Crippen molar-refractivity contribution >= 4 is 11.7 Å². The van der Waals surface area contributed by atoms with E-state index in [1.165, 1.54) is 0 Å². The summed E-state index contributed by atoms with van der Waals surface area (Å²) in [5.74, 6) is -4.16. The highest BCUT2D eigenvalue weighted by molar-refractivity contribution is 5.95. The van der Waals surface area contributed by atoms with Crippen LogP contribution < -0.4 is 10.2 Å². The molecule has 1 saturated carbocycles. The Morgan fingerprint density at radius 2 is 1.87 bits per heavy atom. The normalized spacial score (nSPS) is 23.3. The molecule has 38 heavy (non-hydrogen) atoms. The van der Waals surface area contributed by atoms with Gasteiger partial charge in [0.15, 0.2) is 5.69 Å². The number of piperidine rings is 1. The third kappa shape index (κ3) is 4.10. The van der Waals surface area contributed by atoms with E-state index in [1.54, 1.807) is 36.2 Å². The zero-order valence-electron chi connectivity index (χ0n) is 20.7. The molecular weight excluding hydrogens is 507 g/mol. The first kappa shape index (κ1) is 24.7. The lowest BCUT2D eigenvalue weighted by molar-refractivity contribution is -0.141. The van der Waals surface area contributed by atoms with Gasteiger partial charge in [0.2, 0.25) is 0 Å². The molecule has 2 fully saturated rings. The predicted octanol–water partition coefficient (Wildman–Crippen LogP) is 4.48. The van der Waals surface area contributed by atoms with Crippen molar-refractivity contribution in [2.45, 2.75) is 51.4 Å². The molecule has 0 bridgehead atoms. The zero-order chi connectivity index (χ0) is 27.0. The molecule has 1 amide bonds. The van der Waals surface area contributed by atoms with E-state index in [2.05, 4.69) is 20.4 Å². The second kappa shape index (κ2) is 8.47. The van der Waals surface area contributed by atoms with Crippen molar-refractivity contribution in [1.29, 1.82) is 0 Å². The third-order valence-electron chi connectivity index (χ3n) is 7.98. The van der Waals surface area contributed by atoms with Crippen molar-refractivity contribution in [3.05, 3.63) is 69.9 Å². The highest BCUT2D eigenvalue weighted by Crippen LogP contribution is 2.59. The standard InChI is InChI=1S/C26H25F5N6O/c1-13-15(3-6-22(33-13)36-11-19-20(12-36)25(19,27)28)9-37-10-18(23(35-37)26(29,30)31)24(38)34-21-5-4-16-14(2)32-8-7-17(16)21/h3,6-8,10,19-21H,4-5,9,11-12H2,1-2H3,(H,34,38)/t19?,20?,21-/m1/s1. The number of aryl methyl sites for hydroxylation is 2. The van der Waals surface area contributed by atoms with Crippen LogP contribution in [0.5, 0.6) is 0 Å². The summed E-state index contributed by atoms with van der Waals surface area (Å²) in [6.07, 6.45) is -0.816. The first-order chi connectivity index (χ1) is 17.9. The van der Waals surface area contributed by atoms with Gasteiger partial charge in [-0.05, 0) is 55.5 Å². The van der Waals surface area contributed by atoms with Crippen molar-refractivity contribution in [2.24, 2.45) is 11.8 Å². The van der Waals surface area contributed by atoms with Gasteiger partial charge in [-0.2, -0.15) is 18.3 Å². The largest absolute Gasteiger partial charge is 0.435 e. The number of anilines is 1. The molecule has 1 N–H and O–H groups in total. The Balaban J connectivity index is 1.20. The van der Waals surface area contributed by atoms with Crippen LogP contribution in [0.1, 0.15) is 56.6 Å². The highest BCUT2D eigenvalue weighted by Gasteiger charge is 2.71. The summed E-state index contributed by atoms with van der Waals surface area (Å²) >= 11 is 0. The average Bonchev–Trinajstić information content (AvgIpc) is 3.40. The van der Waals surface area contributed by atoms with Crippen molar-refractivity contribution in [3.8, 4) is 0 Å². The molecule has 3 aromatic rings. The number of aromatic nitrogens is 4. The molecule has 0 aromatic carbocycles. The van der Waals surface area contributed by atoms with Crippen LogP contribution >= 0.6 is 0 Å². The molecule has 3 aliphatic rings. The van der Waals surface area contributed by atoms with E-state index in [4.69, 9.17) is 0 Å². The Bertz CT molecular complexity index is 1420. The number of rotatable bonds is 5. The summed E-state index contributed by atoms with van der Waals surface area (Å²) in [5, 5.41) is 6.44. The van der Waals surface area contributed by atoms with Crippen LogP contribution in [0.4, 0.5) is 27.8 Å². The van der Waals surface area contributed by atoms with Crippen LogP contribution in [0.15, 0.2) is 30.6 Å². The summed E-state index contributed by atoms with van der Waals surface area (Å²) in [4.78, 5) is 23.6. The van der Waals surface area contributed by atoms with Crippen LogP contribution in [-0.2, 0) is 19.1 Å². The molecule has 3 aromatic heterocycles. The van der Waals surface area contributed by atoms with E-state index in [9.17, 15) is 26.7 Å². The van der Waals surface area contributed by atoms with Gasteiger partial charge in [-0.25, -0.2) is 13.8 Å². The molecule has 1 aliphatic heterocycles. The Kier molecular flexibility index (Phi) is 5.52. The molecular formula is C26H25F5N6O. The summed E-state index contributed by atoms with van der Waals surface area (Å²) in [6.45, 7) is 4.01. The van der Waals surface area contributed by atoms with E-state index >= 15 is 0 Å². The molecule has 0 spiro atoms. The minimum atomic E-state index is -4.82. The fourth-order valence-corrected chi connectivity index (χ4v) is 5.77.